The van der Waals surface area contributed by atoms with E-state index < -0.39 is 6.04 Å². The Morgan fingerprint density at radius 3 is 2.94 bits per heavy atom. The molecule has 3 N–H and O–H groups in total. The van der Waals surface area contributed by atoms with Crippen LogP contribution in [0.2, 0.25) is 5.02 Å². The van der Waals surface area contributed by atoms with Gasteiger partial charge in [0.15, 0.2) is 11.5 Å². The maximum atomic E-state index is 12.5. The lowest BCUT2D eigenvalue weighted by molar-refractivity contribution is -0.121. The third-order valence-corrected chi connectivity index (χ3v) is 5.52. The molecule has 0 saturated carbocycles. The number of carbonyl (C=O) groups excluding carboxylic acids is 1. The summed E-state index contributed by atoms with van der Waals surface area (Å²) in [5.74, 6) is 0.819. The van der Waals surface area contributed by atoms with Crippen LogP contribution in [0.4, 0.5) is 5.95 Å². The zero-order chi connectivity index (χ0) is 21.5. The lowest BCUT2D eigenvalue weighted by atomic mass is 10.2. The van der Waals surface area contributed by atoms with E-state index in [0.717, 1.165) is 10.9 Å². The highest BCUT2D eigenvalue weighted by Gasteiger charge is 2.24. The van der Waals surface area contributed by atoms with Gasteiger partial charge >= 0.3 is 0 Å². The van der Waals surface area contributed by atoms with Gasteiger partial charge in [-0.25, -0.2) is 9.97 Å². The van der Waals surface area contributed by atoms with Gasteiger partial charge in [-0.1, -0.05) is 17.7 Å². The molecule has 31 heavy (non-hydrogen) atoms. The van der Waals surface area contributed by atoms with Gasteiger partial charge in [0.25, 0.3) is 0 Å². The maximum absolute atomic E-state index is 12.5. The molecule has 0 bridgehead atoms. The van der Waals surface area contributed by atoms with Crippen molar-refractivity contribution in [2.75, 3.05) is 25.0 Å². The zero-order valence-electron chi connectivity index (χ0n) is 17.1. The van der Waals surface area contributed by atoms with Crippen molar-refractivity contribution in [1.82, 2.24) is 40.0 Å². The standard InChI is InChI=1S/C20H22ClN9O/c1-11(2)29-10-12(8-24-29)17-27-18-13-4-3-5-14(21)16(13)26-20(30(18)28-17)25-15-9-22-6-7-23-19(15)31/h3-5,8,10-11,15,22H,6-7,9H2,1-2H3,(H,23,31)(H,25,26)/t15-/m1/s1. The fourth-order valence-corrected chi connectivity index (χ4v) is 3.77. The summed E-state index contributed by atoms with van der Waals surface area (Å²) in [6.45, 7) is 5.88. The Bertz CT molecular complexity index is 1280. The molecule has 5 rings (SSSR count). The van der Waals surface area contributed by atoms with Crippen LogP contribution in [0.3, 0.4) is 0 Å². The monoisotopic (exact) mass is 439 g/mol. The van der Waals surface area contributed by atoms with E-state index in [0.29, 0.717) is 47.6 Å². The van der Waals surface area contributed by atoms with Crippen molar-refractivity contribution in [1.29, 1.82) is 0 Å². The summed E-state index contributed by atoms with van der Waals surface area (Å²) in [5, 5.41) is 19.7. The zero-order valence-corrected chi connectivity index (χ0v) is 17.9. The molecule has 11 heteroatoms. The van der Waals surface area contributed by atoms with Gasteiger partial charge in [-0.05, 0) is 26.0 Å². The third-order valence-electron chi connectivity index (χ3n) is 5.21. The van der Waals surface area contributed by atoms with Crippen molar-refractivity contribution in [2.45, 2.75) is 25.9 Å². The Balaban J connectivity index is 1.66. The second-order valence-corrected chi connectivity index (χ2v) is 8.14. The second kappa shape index (κ2) is 7.78. The molecule has 0 aliphatic carbocycles. The number of anilines is 1. The number of halogens is 1. The summed E-state index contributed by atoms with van der Waals surface area (Å²) in [6, 6.07) is 5.26. The van der Waals surface area contributed by atoms with E-state index in [1.54, 1.807) is 16.8 Å². The molecule has 4 aromatic rings. The minimum Gasteiger partial charge on any atom is -0.353 e. The van der Waals surface area contributed by atoms with E-state index in [2.05, 4.69) is 40.0 Å². The minimum absolute atomic E-state index is 0.0993. The summed E-state index contributed by atoms with van der Waals surface area (Å²) in [4.78, 5) is 21.9. The summed E-state index contributed by atoms with van der Waals surface area (Å²) in [5.41, 5.74) is 2.00. The molecule has 1 atom stereocenters. The van der Waals surface area contributed by atoms with Gasteiger partial charge in [0.1, 0.15) is 6.04 Å². The summed E-state index contributed by atoms with van der Waals surface area (Å²) in [7, 11) is 0. The van der Waals surface area contributed by atoms with E-state index in [9.17, 15) is 4.79 Å². The van der Waals surface area contributed by atoms with Gasteiger partial charge < -0.3 is 16.0 Å². The molecule has 0 unspecified atom stereocenters. The molecule has 4 heterocycles. The summed E-state index contributed by atoms with van der Waals surface area (Å²) < 4.78 is 3.48. The number of para-hydroxylation sites is 1. The van der Waals surface area contributed by atoms with Gasteiger partial charge in [-0.15, -0.1) is 5.10 Å². The van der Waals surface area contributed by atoms with Crippen LogP contribution >= 0.6 is 11.6 Å². The Hall–Kier alpha value is -3.24. The summed E-state index contributed by atoms with van der Waals surface area (Å²) in [6.07, 6.45) is 3.66. The van der Waals surface area contributed by atoms with E-state index in [-0.39, 0.29) is 11.9 Å². The number of amides is 1. The predicted octanol–water partition coefficient (Wildman–Crippen LogP) is 1.88. The van der Waals surface area contributed by atoms with Gasteiger partial charge in [0.2, 0.25) is 11.9 Å². The molecule has 0 radical (unpaired) electrons. The number of rotatable bonds is 4. The number of hydrogen-bond donors (Lipinski definition) is 3. The quantitative estimate of drug-likeness (QED) is 0.444. The molecule has 1 aliphatic heterocycles. The third kappa shape index (κ3) is 3.57. The van der Waals surface area contributed by atoms with Crippen molar-refractivity contribution in [3.05, 3.63) is 35.6 Å². The smallest absolute Gasteiger partial charge is 0.243 e. The first kappa shape index (κ1) is 19.7. The van der Waals surface area contributed by atoms with Crippen molar-refractivity contribution in [2.24, 2.45) is 0 Å². The molecule has 10 nitrogen and oxygen atoms in total. The predicted molar refractivity (Wildman–Crippen MR) is 118 cm³/mol. The fraction of sp³-hybridized carbons (Fsp3) is 0.350. The van der Waals surface area contributed by atoms with Gasteiger partial charge in [0.05, 0.1) is 22.3 Å². The van der Waals surface area contributed by atoms with Crippen LogP contribution in [-0.4, -0.2) is 60.9 Å². The fourth-order valence-electron chi connectivity index (χ4n) is 3.56. The molecule has 160 valence electrons. The molecule has 1 aliphatic rings. The average molecular weight is 440 g/mol. The molecule has 3 aromatic heterocycles. The highest BCUT2D eigenvalue weighted by Crippen LogP contribution is 2.28. The molecule has 1 fully saturated rings. The van der Waals surface area contributed by atoms with Crippen LogP contribution in [0.1, 0.15) is 19.9 Å². The molecule has 0 spiro atoms. The number of nitrogens with one attached hydrogen (secondary N) is 3. The Labute approximate surface area is 183 Å². The van der Waals surface area contributed by atoms with Gasteiger partial charge in [0, 0.05) is 37.3 Å². The van der Waals surface area contributed by atoms with Crippen LogP contribution in [0, 0.1) is 0 Å². The highest BCUT2D eigenvalue weighted by atomic mass is 35.5. The maximum Gasteiger partial charge on any atom is 0.243 e. The van der Waals surface area contributed by atoms with E-state index in [1.165, 1.54) is 0 Å². The normalized spacial score (nSPS) is 17.3. The topological polar surface area (TPSA) is 114 Å². The van der Waals surface area contributed by atoms with E-state index in [1.807, 2.05) is 23.0 Å². The first-order chi connectivity index (χ1) is 15.0. The molecule has 1 aromatic carbocycles. The van der Waals surface area contributed by atoms with E-state index >= 15 is 0 Å². The van der Waals surface area contributed by atoms with Crippen LogP contribution in [0.25, 0.3) is 27.9 Å². The SMILES string of the molecule is CC(C)n1cc(-c2nc3c4cccc(Cl)c4nc(N[C@@H]4CNCCNC4=O)n3n2)cn1. The Morgan fingerprint density at radius 1 is 1.26 bits per heavy atom. The van der Waals surface area contributed by atoms with Crippen LogP contribution in [0.5, 0.6) is 0 Å². The number of carbonyl (C=O) groups is 1. The second-order valence-electron chi connectivity index (χ2n) is 7.74. The van der Waals surface area contributed by atoms with Gasteiger partial charge in [-0.2, -0.15) is 9.61 Å². The van der Waals surface area contributed by atoms with Crippen LogP contribution in [0.15, 0.2) is 30.6 Å². The van der Waals surface area contributed by atoms with Crippen molar-refractivity contribution >= 4 is 40.0 Å². The van der Waals surface area contributed by atoms with Crippen molar-refractivity contribution in [3.63, 3.8) is 0 Å². The first-order valence-electron chi connectivity index (χ1n) is 10.2. The summed E-state index contributed by atoms with van der Waals surface area (Å²) >= 11 is 6.44. The average Bonchev–Trinajstić information content (AvgIpc) is 3.36. The minimum atomic E-state index is -0.505. The molecular formula is C20H22ClN9O. The van der Waals surface area contributed by atoms with Crippen LogP contribution in [-0.2, 0) is 4.79 Å². The molecule has 1 saturated heterocycles. The number of fused-ring (bicyclic) bond motifs is 3. The number of aromatic nitrogens is 6. The molecular weight excluding hydrogens is 418 g/mol. The first-order valence-corrected chi connectivity index (χ1v) is 10.5. The highest BCUT2D eigenvalue weighted by molar-refractivity contribution is 6.35. The lowest BCUT2D eigenvalue weighted by Gasteiger charge is -2.16. The van der Waals surface area contributed by atoms with Crippen LogP contribution < -0.4 is 16.0 Å². The van der Waals surface area contributed by atoms with Gasteiger partial charge in [-0.3, -0.25) is 9.48 Å². The lowest BCUT2D eigenvalue weighted by Crippen LogP contribution is -2.42. The number of benzene rings is 1. The Morgan fingerprint density at radius 2 is 2.13 bits per heavy atom. The number of nitrogens with zero attached hydrogens (tertiary/aromatic N) is 6. The molecule has 1 amide bonds. The Kier molecular flexibility index (Phi) is 4.95. The van der Waals surface area contributed by atoms with Crippen molar-refractivity contribution < 1.29 is 4.79 Å². The number of hydrogen-bond acceptors (Lipinski definition) is 7. The van der Waals surface area contributed by atoms with Crippen molar-refractivity contribution in [3.8, 4) is 11.4 Å². The largest absolute Gasteiger partial charge is 0.353 e. The van der Waals surface area contributed by atoms with E-state index in [4.69, 9.17) is 21.6 Å².